The second kappa shape index (κ2) is 7.09. The first-order valence-electron chi connectivity index (χ1n) is 6.75. The maximum Gasteiger partial charge on any atom is 0.0406 e. The molecular formula is C16H20ClNS. The summed E-state index contributed by atoms with van der Waals surface area (Å²) in [5.74, 6) is 0. The third kappa shape index (κ3) is 4.07. The predicted molar refractivity (Wildman–Crippen MR) is 85.0 cm³/mol. The Hall–Kier alpha value is -0.830. The number of halogens is 1. The van der Waals surface area contributed by atoms with Crippen LogP contribution in [0.1, 0.15) is 49.2 Å². The van der Waals surface area contributed by atoms with Crippen molar-refractivity contribution in [2.24, 2.45) is 0 Å². The molecule has 0 amide bonds. The fourth-order valence-electron chi connectivity index (χ4n) is 2.25. The summed E-state index contributed by atoms with van der Waals surface area (Å²) < 4.78 is 0. The number of benzene rings is 1. The molecule has 19 heavy (non-hydrogen) atoms. The van der Waals surface area contributed by atoms with Crippen LogP contribution in [-0.4, -0.2) is 0 Å². The monoisotopic (exact) mass is 293 g/mol. The number of thiophene rings is 1. The first-order chi connectivity index (χ1) is 9.20. The highest BCUT2D eigenvalue weighted by Gasteiger charge is 2.15. The van der Waals surface area contributed by atoms with Crippen LogP contribution in [-0.2, 0) is 0 Å². The van der Waals surface area contributed by atoms with E-state index in [1.165, 1.54) is 10.4 Å². The molecule has 1 heterocycles. The van der Waals surface area contributed by atoms with E-state index >= 15 is 0 Å². The molecule has 1 nitrogen and oxygen atoms in total. The third-order valence-corrected chi connectivity index (χ3v) is 4.58. The van der Waals surface area contributed by atoms with Crippen LogP contribution in [0, 0.1) is 0 Å². The van der Waals surface area contributed by atoms with Crippen LogP contribution >= 0.6 is 22.9 Å². The van der Waals surface area contributed by atoms with Gasteiger partial charge in [0.25, 0.3) is 0 Å². The van der Waals surface area contributed by atoms with Gasteiger partial charge >= 0.3 is 0 Å². The zero-order valence-electron chi connectivity index (χ0n) is 11.4. The van der Waals surface area contributed by atoms with Crippen LogP contribution < -0.4 is 5.32 Å². The van der Waals surface area contributed by atoms with Gasteiger partial charge in [0.1, 0.15) is 0 Å². The van der Waals surface area contributed by atoms with Crippen molar-refractivity contribution in [3.8, 4) is 0 Å². The van der Waals surface area contributed by atoms with Crippen LogP contribution in [0.25, 0.3) is 0 Å². The van der Waals surface area contributed by atoms with E-state index in [0.29, 0.717) is 12.1 Å². The average molecular weight is 294 g/mol. The number of hydrogen-bond acceptors (Lipinski definition) is 2. The fraction of sp³-hybridized carbons (Fsp3) is 0.375. The molecule has 0 fully saturated rings. The topological polar surface area (TPSA) is 12.0 Å². The van der Waals surface area contributed by atoms with Crippen molar-refractivity contribution in [3.05, 3.63) is 57.2 Å². The van der Waals surface area contributed by atoms with E-state index in [2.05, 4.69) is 48.8 Å². The maximum atomic E-state index is 5.96. The predicted octanol–water partition coefficient (Wildman–Crippen LogP) is 5.59. The van der Waals surface area contributed by atoms with E-state index in [1.807, 2.05) is 12.1 Å². The Balaban J connectivity index is 2.09. The highest BCUT2D eigenvalue weighted by Crippen LogP contribution is 2.26. The summed E-state index contributed by atoms with van der Waals surface area (Å²) in [7, 11) is 0. The van der Waals surface area contributed by atoms with Crippen LogP contribution in [0.5, 0.6) is 0 Å². The molecule has 0 bridgehead atoms. The summed E-state index contributed by atoms with van der Waals surface area (Å²) in [5.41, 5.74) is 1.31. The van der Waals surface area contributed by atoms with E-state index in [4.69, 9.17) is 11.6 Å². The Bertz CT molecular complexity index is 478. The highest BCUT2D eigenvalue weighted by atomic mass is 35.5. The summed E-state index contributed by atoms with van der Waals surface area (Å²) in [5, 5.41) is 6.65. The molecule has 102 valence electrons. The first-order valence-corrected chi connectivity index (χ1v) is 8.01. The Labute approximate surface area is 124 Å². The molecule has 0 spiro atoms. The minimum Gasteiger partial charge on any atom is -0.303 e. The van der Waals surface area contributed by atoms with Crippen molar-refractivity contribution in [1.29, 1.82) is 0 Å². The Morgan fingerprint density at radius 3 is 2.53 bits per heavy atom. The van der Waals surface area contributed by atoms with Gasteiger partial charge < -0.3 is 5.32 Å². The molecule has 1 N–H and O–H groups in total. The lowest BCUT2D eigenvalue weighted by Crippen LogP contribution is -2.24. The van der Waals surface area contributed by atoms with E-state index in [0.717, 1.165) is 17.9 Å². The van der Waals surface area contributed by atoms with E-state index in [1.54, 1.807) is 11.3 Å². The summed E-state index contributed by atoms with van der Waals surface area (Å²) in [6.45, 7) is 4.45. The molecular weight excluding hydrogens is 274 g/mol. The second-order valence-corrected chi connectivity index (χ2v) is 6.21. The summed E-state index contributed by atoms with van der Waals surface area (Å²) in [4.78, 5) is 1.38. The van der Waals surface area contributed by atoms with Crippen molar-refractivity contribution < 1.29 is 0 Å². The lowest BCUT2D eigenvalue weighted by atomic mass is 10.0. The smallest absolute Gasteiger partial charge is 0.0406 e. The first kappa shape index (κ1) is 14.6. The lowest BCUT2D eigenvalue weighted by Gasteiger charge is -2.23. The van der Waals surface area contributed by atoms with Gasteiger partial charge in [-0.25, -0.2) is 0 Å². The Morgan fingerprint density at radius 2 is 1.95 bits per heavy atom. The lowest BCUT2D eigenvalue weighted by molar-refractivity contribution is 0.443. The molecule has 2 rings (SSSR count). The molecule has 0 aliphatic carbocycles. The van der Waals surface area contributed by atoms with Crippen molar-refractivity contribution in [1.82, 2.24) is 5.32 Å². The minimum absolute atomic E-state index is 0.382. The molecule has 0 aliphatic heterocycles. The van der Waals surface area contributed by atoms with Crippen molar-refractivity contribution in [2.75, 3.05) is 0 Å². The van der Waals surface area contributed by atoms with Crippen LogP contribution in [0.4, 0.5) is 0 Å². The molecule has 2 aromatic rings. The number of rotatable bonds is 6. The average Bonchev–Trinajstić information content (AvgIpc) is 2.93. The number of nitrogens with one attached hydrogen (secondary N) is 1. The minimum atomic E-state index is 0.382. The summed E-state index contributed by atoms with van der Waals surface area (Å²) in [6.07, 6.45) is 2.30. The van der Waals surface area contributed by atoms with Gasteiger partial charge in [-0.05, 0) is 42.5 Å². The van der Waals surface area contributed by atoms with Crippen molar-refractivity contribution in [3.63, 3.8) is 0 Å². The molecule has 0 saturated carbocycles. The standard InChI is InChI=1S/C16H20ClNS/c1-3-5-15(13-7-9-14(17)10-8-13)18-12(2)16-6-4-11-19-16/h4,6-12,15,18H,3,5H2,1-2H3. The molecule has 0 aliphatic rings. The molecule has 2 unspecified atom stereocenters. The molecule has 0 radical (unpaired) electrons. The Kier molecular flexibility index (Phi) is 5.44. The quantitative estimate of drug-likeness (QED) is 0.731. The van der Waals surface area contributed by atoms with E-state index in [-0.39, 0.29) is 0 Å². The molecule has 2 atom stereocenters. The van der Waals surface area contributed by atoms with Crippen molar-refractivity contribution in [2.45, 2.75) is 38.8 Å². The van der Waals surface area contributed by atoms with Gasteiger partial charge in [0.05, 0.1) is 0 Å². The summed E-state index contributed by atoms with van der Waals surface area (Å²) >= 11 is 7.77. The zero-order valence-corrected chi connectivity index (χ0v) is 13.0. The Morgan fingerprint density at radius 1 is 1.21 bits per heavy atom. The molecule has 1 aromatic carbocycles. The van der Waals surface area contributed by atoms with E-state index in [9.17, 15) is 0 Å². The van der Waals surface area contributed by atoms with Crippen LogP contribution in [0.3, 0.4) is 0 Å². The zero-order chi connectivity index (χ0) is 13.7. The van der Waals surface area contributed by atoms with Crippen molar-refractivity contribution >= 4 is 22.9 Å². The summed E-state index contributed by atoms with van der Waals surface area (Å²) in [6, 6.07) is 13.2. The van der Waals surface area contributed by atoms with Crippen LogP contribution in [0.15, 0.2) is 41.8 Å². The third-order valence-electron chi connectivity index (χ3n) is 3.27. The van der Waals surface area contributed by atoms with Gasteiger partial charge in [-0.2, -0.15) is 0 Å². The van der Waals surface area contributed by atoms with Gasteiger partial charge in [-0.3, -0.25) is 0 Å². The fourth-order valence-corrected chi connectivity index (χ4v) is 3.12. The van der Waals surface area contributed by atoms with E-state index < -0.39 is 0 Å². The molecule has 3 heteroatoms. The normalized spacial score (nSPS) is 14.3. The second-order valence-electron chi connectivity index (χ2n) is 4.80. The maximum absolute atomic E-state index is 5.96. The van der Waals surface area contributed by atoms with Gasteiger partial charge in [0, 0.05) is 22.0 Å². The van der Waals surface area contributed by atoms with Gasteiger partial charge in [0.2, 0.25) is 0 Å². The van der Waals surface area contributed by atoms with Gasteiger partial charge in [0.15, 0.2) is 0 Å². The largest absolute Gasteiger partial charge is 0.303 e. The highest BCUT2D eigenvalue weighted by molar-refractivity contribution is 7.10. The van der Waals surface area contributed by atoms with Crippen LogP contribution in [0.2, 0.25) is 5.02 Å². The molecule has 1 aromatic heterocycles. The van der Waals surface area contributed by atoms with Gasteiger partial charge in [-0.1, -0.05) is 43.1 Å². The number of hydrogen-bond donors (Lipinski definition) is 1. The molecule has 0 saturated heterocycles. The van der Waals surface area contributed by atoms with Gasteiger partial charge in [-0.15, -0.1) is 11.3 Å². The SMILES string of the molecule is CCCC(NC(C)c1cccs1)c1ccc(Cl)cc1.